The summed E-state index contributed by atoms with van der Waals surface area (Å²) in [4.78, 5) is 25.7. The number of hydrogen-bond donors (Lipinski definition) is 1. The Balaban J connectivity index is 2.22. The maximum absolute atomic E-state index is 12.6. The Bertz CT molecular complexity index is 529. The molecule has 1 amide bonds. The Morgan fingerprint density at radius 3 is 2.52 bits per heavy atom. The number of hydrogen-bond acceptors (Lipinski definition) is 3. The first-order valence-corrected chi connectivity index (χ1v) is 8.51. The molecule has 0 aliphatic carbocycles. The smallest absolute Gasteiger partial charge is 0.329 e. The van der Waals surface area contributed by atoms with E-state index in [-0.39, 0.29) is 5.91 Å². The van der Waals surface area contributed by atoms with Gasteiger partial charge in [-0.1, -0.05) is 12.1 Å². The largest absolute Gasteiger partial charge is 0.480 e. The molecule has 1 fully saturated rings. The Morgan fingerprint density at radius 1 is 1.29 bits per heavy atom. The van der Waals surface area contributed by atoms with Gasteiger partial charge in [0.15, 0.2) is 0 Å². The molecule has 0 spiro atoms. The topological polar surface area (TPSA) is 57.6 Å². The molecular formula is C16H21NO3S. The number of likely N-dealkylation sites (tertiary alicyclic amines) is 1. The second-order valence-electron chi connectivity index (χ2n) is 5.62. The van der Waals surface area contributed by atoms with E-state index in [9.17, 15) is 14.7 Å². The highest BCUT2D eigenvalue weighted by Crippen LogP contribution is 2.29. The molecule has 21 heavy (non-hydrogen) atoms. The molecule has 1 aliphatic rings. The van der Waals surface area contributed by atoms with Gasteiger partial charge in [0.2, 0.25) is 0 Å². The molecule has 4 nitrogen and oxygen atoms in total. The summed E-state index contributed by atoms with van der Waals surface area (Å²) in [7, 11) is 0. The zero-order valence-corrected chi connectivity index (χ0v) is 13.3. The highest BCUT2D eigenvalue weighted by atomic mass is 32.2. The van der Waals surface area contributed by atoms with Crippen molar-refractivity contribution in [2.24, 2.45) is 0 Å². The summed E-state index contributed by atoms with van der Waals surface area (Å²) in [5.74, 6) is -0.199. The number of piperidine rings is 1. The van der Waals surface area contributed by atoms with E-state index in [4.69, 9.17) is 0 Å². The average Bonchev–Trinajstić information content (AvgIpc) is 2.48. The number of benzene rings is 1. The molecule has 114 valence electrons. The molecule has 0 saturated carbocycles. The first kappa shape index (κ1) is 15.9. The lowest BCUT2D eigenvalue weighted by atomic mass is 9.88. The molecule has 2 rings (SSSR count). The van der Waals surface area contributed by atoms with E-state index in [1.54, 1.807) is 30.8 Å². The van der Waals surface area contributed by atoms with Crippen molar-refractivity contribution in [1.29, 1.82) is 0 Å². The summed E-state index contributed by atoms with van der Waals surface area (Å²) >= 11 is 1.73. The number of aliphatic carboxylic acids is 1. The predicted octanol–water partition coefficient (Wildman–Crippen LogP) is 3.02. The minimum absolute atomic E-state index is 0.185. The summed E-state index contributed by atoms with van der Waals surface area (Å²) in [6.07, 6.45) is 4.25. The van der Waals surface area contributed by atoms with Crippen molar-refractivity contribution >= 4 is 23.6 Å². The van der Waals surface area contributed by atoms with E-state index >= 15 is 0 Å². The molecule has 1 aliphatic heterocycles. The maximum Gasteiger partial charge on any atom is 0.329 e. The van der Waals surface area contributed by atoms with Crippen LogP contribution in [0, 0.1) is 0 Å². The van der Waals surface area contributed by atoms with Gasteiger partial charge >= 0.3 is 5.97 Å². The van der Waals surface area contributed by atoms with Crippen LogP contribution >= 0.6 is 11.8 Å². The van der Waals surface area contributed by atoms with Crippen LogP contribution in [-0.2, 0) is 10.5 Å². The van der Waals surface area contributed by atoms with Crippen LogP contribution in [0.3, 0.4) is 0 Å². The van der Waals surface area contributed by atoms with Gasteiger partial charge in [-0.2, -0.15) is 11.8 Å². The molecule has 1 saturated heterocycles. The van der Waals surface area contributed by atoms with Crippen molar-refractivity contribution < 1.29 is 14.7 Å². The van der Waals surface area contributed by atoms with Crippen LogP contribution in [0.1, 0.15) is 42.1 Å². The molecule has 5 heteroatoms. The van der Waals surface area contributed by atoms with Crippen LogP contribution in [0.5, 0.6) is 0 Å². The molecule has 1 aromatic rings. The SMILES string of the molecule is CSCc1ccc(C(=O)N2CCCCC2(C)C(=O)O)cc1. The highest BCUT2D eigenvalue weighted by Gasteiger charge is 2.44. The van der Waals surface area contributed by atoms with Crippen LogP contribution in [0.4, 0.5) is 0 Å². The minimum atomic E-state index is -1.09. The van der Waals surface area contributed by atoms with Gasteiger partial charge in [-0.25, -0.2) is 4.79 Å². The monoisotopic (exact) mass is 307 g/mol. The van der Waals surface area contributed by atoms with E-state index in [0.29, 0.717) is 18.5 Å². The fourth-order valence-corrected chi connectivity index (χ4v) is 3.26. The molecule has 1 heterocycles. The number of amides is 1. The van der Waals surface area contributed by atoms with E-state index in [2.05, 4.69) is 0 Å². The number of thioether (sulfide) groups is 1. The van der Waals surface area contributed by atoms with Crippen molar-refractivity contribution in [3.05, 3.63) is 35.4 Å². The van der Waals surface area contributed by atoms with Gasteiger partial charge in [0.25, 0.3) is 5.91 Å². The van der Waals surface area contributed by atoms with Crippen molar-refractivity contribution in [2.45, 2.75) is 37.5 Å². The number of carbonyl (C=O) groups excluding carboxylic acids is 1. The van der Waals surface area contributed by atoms with Crippen LogP contribution < -0.4 is 0 Å². The average molecular weight is 307 g/mol. The molecule has 0 radical (unpaired) electrons. The van der Waals surface area contributed by atoms with E-state index in [0.717, 1.165) is 18.6 Å². The number of carboxylic acids is 1. The third-order valence-corrected chi connectivity index (χ3v) is 4.73. The Hall–Kier alpha value is -1.49. The van der Waals surface area contributed by atoms with Crippen molar-refractivity contribution in [2.75, 3.05) is 12.8 Å². The van der Waals surface area contributed by atoms with Crippen LogP contribution in [0.25, 0.3) is 0 Å². The van der Waals surface area contributed by atoms with Gasteiger partial charge in [0.05, 0.1) is 0 Å². The maximum atomic E-state index is 12.6. The minimum Gasteiger partial charge on any atom is -0.480 e. The molecular weight excluding hydrogens is 286 g/mol. The van der Waals surface area contributed by atoms with Crippen molar-refractivity contribution in [3.8, 4) is 0 Å². The number of carboxylic acid groups (broad SMARTS) is 1. The Labute approximate surface area is 129 Å². The third-order valence-electron chi connectivity index (χ3n) is 4.11. The third kappa shape index (κ3) is 3.23. The van der Waals surface area contributed by atoms with E-state index in [1.165, 1.54) is 10.5 Å². The van der Waals surface area contributed by atoms with Gasteiger partial charge in [-0.15, -0.1) is 0 Å². The van der Waals surface area contributed by atoms with E-state index in [1.807, 2.05) is 18.4 Å². The number of rotatable bonds is 4. The second kappa shape index (κ2) is 6.52. The van der Waals surface area contributed by atoms with Crippen molar-refractivity contribution in [1.82, 2.24) is 4.90 Å². The quantitative estimate of drug-likeness (QED) is 0.929. The number of nitrogens with zero attached hydrogens (tertiary/aromatic N) is 1. The zero-order valence-electron chi connectivity index (χ0n) is 12.5. The highest BCUT2D eigenvalue weighted by molar-refractivity contribution is 7.97. The second-order valence-corrected chi connectivity index (χ2v) is 6.49. The Kier molecular flexibility index (Phi) is 4.93. The molecule has 0 bridgehead atoms. The lowest BCUT2D eigenvalue weighted by Gasteiger charge is -2.41. The fourth-order valence-electron chi connectivity index (χ4n) is 2.73. The van der Waals surface area contributed by atoms with Gasteiger partial charge in [-0.3, -0.25) is 4.79 Å². The summed E-state index contributed by atoms with van der Waals surface area (Å²) in [6, 6.07) is 7.47. The van der Waals surface area contributed by atoms with Crippen molar-refractivity contribution in [3.63, 3.8) is 0 Å². The molecule has 1 unspecified atom stereocenters. The van der Waals surface area contributed by atoms with Gasteiger partial charge in [0.1, 0.15) is 5.54 Å². The molecule has 0 aromatic heterocycles. The first-order chi connectivity index (χ1) is 9.99. The zero-order chi connectivity index (χ0) is 15.5. The fraction of sp³-hybridized carbons (Fsp3) is 0.500. The van der Waals surface area contributed by atoms with Crippen LogP contribution in [0.15, 0.2) is 24.3 Å². The number of carbonyl (C=O) groups is 2. The molecule has 1 N–H and O–H groups in total. The van der Waals surface area contributed by atoms with Gasteiger partial charge < -0.3 is 10.0 Å². The molecule has 1 atom stereocenters. The lowest BCUT2D eigenvalue weighted by molar-refractivity contribution is -0.150. The van der Waals surface area contributed by atoms with Crippen LogP contribution in [-0.4, -0.2) is 40.2 Å². The van der Waals surface area contributed by atoms with E-state index < -0.39 is 11.5 Å². The summed E-state index contributed by atoms with van der Waals surface area (Å²) < 4.78 is 0. The summed E-state index contributed by atoms with van der Waals surface area (Å²) in [5.41, 5.74) is 0.640. The molecule has 1 aromatic carbocycles. The summed E-state index contributed by atoms with van der Waals surface area (Å²) in [5, 5.41) is 9.48. The first-order valence-electron chi connectivity index (χ1n) is 7.12. The summed E-state index contributed by atoms with van der Waals surface area (Å²) in [6.45, 7) is 2.16. The predicted molar refractivity (Wildman–Crippen MR) is 84.6 cm³/mol. The Morgan fingerprint density at radius 2 is 1.95 bits per heavy atom. The van der Waals surface area contributed by atoms with Crippen LogP contribution in [0.2, 0.25) is 0 Å². The standard InChI is InChI=1S/C16H21NO3S/c1-16(15(19)20)9-3-4-10-17(16)14(18)13-7-5-12(6-8-13)11-21-2/h5-8H,3-4,9-11H2,1-2H3,(H,19,20). The lowest BCUT2D eigenvalue weighted by Crippen LogP contribution is -2.57. The van der Waals surface area contributed by atoms with Gasteiger partial charge in [0, 0.05) is 17.9 Å². The van der Waals surface area contributed by atoms with Gasteiger partial charge in [-0.05, 0) is 50.1 Å². The normalized spacial score (nSPS) is 22.1.